The van der Waals surface area contributed by atoms with Crippen LogP contribution in [0.1, 0.15) is 17.0 Å². The van der Waals surface area contributed by atoms with E-state index in [1.807, 2.05) is 30.3 Å². The standard InChI is InChI=1S/C15H14O3/c16-13-8-6-11(7-9-13)10-14(15(17)18)12-4-2-1-3-5-12/h1-9,14,16H,10H2,(H,17,18)/t14-/m0/s1. The Morgan fingerprint density at radius 3 is 2.17 bits per heavy atom. The van der Waals surface area contributed by atoms with E-state index < -0.39 is 11.9 Å². The molecule has 2 N–H and O–H groups in total. The number of phenolic OH excluding ortho intramolecular Hbond substituents is 1. The van der Waals surface area contributed by atoms with Crippen molar-refractivity contribution in [3.8, 4) is 5.75 Å². The van der Waals surface area contributed by atoms with Crippen molar-refractivity contribution in [1.29, 1.82) is 0 Å². The predicted octanol–water partition coefficient (Wildman–Crippen LogP) is 2.80. The molecule has 0 aliphatic carbocycles. The van der Waals surface area contributed by atoms with Crippen LogP contribution >= 0.6 is 0 Å². The molecule has 0 amide bonds. The SMILES string of the molecule is O=C(O)[C@@H](Cc1ccc(O)cc1)c1ccccc1. The van der Waals surface area contributed by atoms with Crippen molar-refractivity contribution < 1.29 is 15.0 Å². The fraction of sp³-hybridized carbons (Fsp3) is 0.133. The highest BCUT2D eigenvalue weighted by atomic mass is 16.4. The highest BCUT2D eigenvalue weighted by molar-refractivity contribution is 5.76. The van der Waals surface area contributed by atoms with Crippen molar-refractivity contribution in [3.05, 3.63) is 65.7 Å². The van der Waals surface area contributed by atoms with Gasteiger partial charge in [-0.05, 0) is 29.7 Å². The molecule has 18 heavy (non-hydrogen) atoms. The van der Waals surface area contributed by atoms with Crippen LogP contribution in [0, 0.1) is 0 Å². The Kier molecular flexibility index (Phi) is 3.63. The molecule has 3 nitrogen and oxygen atoms in total. The van der Waals surface area contributed by atoms with Crippen molar-refractivity contribution in [2.75, 3.05) is 0 Å². The van der Waals surface area contributed by atoms with Gasteiger partial charge in [0.25, 0.3) is 0 Å². The maximum atomic E-state index is 11.3. The molecule has 0 aliphatic heterocycles. The van der Waals surface area contributed by atoms with E-state index in [0.717, 1.165) is 11.1 Å². The lowest BCUT2D eigenvalue weighted by Crippen LogP contribution is -2.14. The first-order chi connectivity index (χ1) is 8.66. The molecule has 0 unspecified atom stereocenters. The fourth-order valence-electron chi connectivity index (χ4n) is 1.90. The molecule has 0 aromatic heterocycles. The Bertz CT molecular complexity index is 517. The molecule has 3 heteroatoms. The average molecular weight is 242 g/mol. The number of benzene rings is 2. The van der Waals surface area contributed by atoms with Crippen LogP contribution in [0.5, 0.6) is 5.75 Å². The molecule has 0 bridgehead atoms. The summed E-state index contributed by atoms with van der Waals surface area (Å²) in [7, 11) is 0. The number of hydrogen-bond acceptors (Lipinski definition) is 2. The molecule has 0 saturated heterocycles. The van der Waals surface area contributed by atoms with Crippen LogP contribution in [0.3, 0.4) is 0 Å². The number of aliphatic carboxylic acids is 1. The summed E-state index contributed by atoms with van der Waals surface area (Å²) in [5.74, 6) is -1.21. The molecule has 0 fully saturated rings. The van der Waals surface area contributed by atoms with E-state index in [1.165, 1.54) is 0 Å². The summed E-state index contributed by atoms with van der Waals surface area (Å²) < 4.78 is 0. The number of carboxylic acid groups (broad SMARTS) is 1. The molecule has 2 aromatic carbocycles. The van der Waals surface area contributed by atoms with E-state index in [2.05, 4.69) is 0 Å². The highest BCUT2D eigenvalue weighted by Gasteiger charge is 2.19. The maximum absolute atomic E-state index is 11.3. The molecule has 2 aromatic rings. The van der Waals surface area contributed by atoms with E-state index in [9.17, 15) is 15.0 Å². The quantitative estimate of drug-likeness (QED) is 0.866. The third-order valence-electron chi connectivity index (χ3n) is 2.88. The van der Waals surface area contributed by atoms with Gasteiger partial charge in [0.2, 0.25) is 0 Å². The fourth-order valence-corrected chi connectivity index (χ4v) is 1.90. The highest BCUT2D eigenvalue weighted by Crippen LogP contribution is 2.22. The van der Waals surface area contributed by atoms with E-state index in [-0.39, 0.29) is 5.75 Å². The second-order valence-electron chi connectivity index (χ2n) is 4.17. The molecule has 2 rings (SSSR count). The molecule has 0 radical (unpaired) electrons. The van der Waals surface area contributed by atoms with Gasteiger partial charge >= 0.3 is 5.97 Å². The molecule has 0 aliphatic rings. The first-order valence-electron chi connectivity index (χ1n) is 5.72. The minimum Gasteiger partial charge on any atom is -0.508 e. The van der Waals surface area contributed by atoms with Gasteiger partial charge in [-0.15, -0.1) is 0 Å². The summed E-state index contributed by atoms with van der Waals surface area (Å²) >= 11 is 0. The smallest absolute Gasteiger partial charge is 0.311 e. The normalized spacial score (nSPS) is 12.0. The zero-order valence-electron chi connectivity index (χ0n) is 9.78. The number of rotatable bonds is 4. The van der Waals surface area contributed by atoms with Crippen LogP contribution in [0.4, 0.5) is 0 Å². The number of aromatic hydroxyl groups is 1. The minimum absolute atomic E-state index is 0.185. The Morgan fingerprint density at radius 1 is 1.00 bits per heavy atom. The van der Waals surface area contributed by atoms with E-state index in [0.29, 0.717) is 6.42 Å². The maximum Gasteiger partial charge on any atom is 0.311 e. The van der Waals surface area contributed by atoms with Gasteiger partial charge in [-0.25, -0.2) is 0 Å². The summed E-state index contributed by atoms with van der Waals surface area (Å²) in [6.07, 6.45) is 0.416. The van der Waals surface area contributed by atoms with Crippen LogP contribution in [-0.4, -0.2) is 16.2 Å². The summed E-state index contributed by atoms with van der Waals surface area (Å²) in [6.45, 7) is 0. The Balaban J connectivity index is 2.22. The molecule has 0 heterocycles. The van der Waals surface area contributed by atoms with Crippen molar-refractivity contribution in [1.82, 2.24) is 0 Å². The number of hydrogen-bond donors (Lipinski definition) is 2. The second-order valence-corrected chi connectivity index (χ2v) is 4.17. The Morgan fingerprint density at radius 2 is 1.61 bits per heavy atom. The second kappa shape index (κ2) is 5.36. The first-order valence-corrected chi connectivity index (χ1v) is 5.72. The number of phenols is 1. The number of carbonyl (C=O) groups is 1. The molecular weight excluding hydrogens is 228 g/mol. The van der Waals surface area contributed by atoms with Crippen LogP contribution < -0.4 is 0 Å². The van der Waals surface area contributed by atoms with Crippen molar-refractivity contribution >= 4 is 5.97 Å². The third kappa shape index (κ3) is 2.88. The van der Waals surface area contributed by atoms with E-state index in [4.69, 9.17) is 0 Å². The zero-order chi connectivity index (χ0) is 13.0. The predicted molar refractivity (Wildman–Crippen MR) is 68.6 cm³/mol. The largest absolute Gasteiger partial charge is 0.508 e. The molecule has 92 valence electrons. The van der Waals surface area contributed by atoms with Gasteiger partial charge in [-0.3, -0.25) is 4.79 Å². The van der Waals surface area contributed by atoms with Crippen LogP contribution in [0.25, 0.3) is 0 Å². The van der Waals surface area contributed by atoms with E-state index >= 15 is 0 Å². The monoisotopic (exact) mass is 242 g/mol. The summed E-state index contributed by atoms with van der Waals surface area (Å²) in [5, 5.41) is 18.5. The van der Waals surface area contributed by atoms with Crippen molar-refractivity contribution in [2.45, 2.75) is 12.3 Å². The summed E-state index contributed by atoms with van der Waals surface area (Å²) in [6, 6.07) is 15.8. The zero-order valence-corrected chi connectivity index (χ0v) is 9.78. The van der Waals surface area contributed by atoms with Gasteiger partial charge in [0.05, 0.1) is 5.92 Å². The van der Waals surface area contributed by atoms with Gasteiger partial charge in [0, 0.05) is 0 Å². The first kappa shape index (κ1) is 12.2. The summed E-state index contributed by atoms with van der Waals surface area (Å²) in [5.41, 5.74) is 1.68. The van der Waals surface area contributed by atoms with Crippen LogP contribution in [0.2, 0.25) is 0 Å². The summed E-state index contributed by atoms with van der Waals surface area (Å²) in [4.78, 5) is 11.3. The lowest BCUT2D eigenvalue weighted by molar-refractivity contribution is -0.138. The Labute approximate surface area is 105 Å². The molecule has 1 atom stereocenters. The van der Waals surface area contributed by atoms with Gasteiger partial charge in [-0.2, -0.15) is 0 Å². The lowest BCUT2D eigenvalue weighted by Gasteiger charge is -2.12. The molecule has 0 saturated carbocycles. The van der Waals surface area contributed by atoms with Crippen LogP contribution in [-0.2, 0) is 11.2 Å². The van der Waals surface area contributed by atoms with Gasteiger partial charge < -0.3 is 10.2 Å². The molecular formula is C15H14O3. The van der Waals surface area contributed by atoms with Gasteiger partial charge in [0.15, 0.2) is 0 Å². The van der Waals surface area contributed by atoms with Crippen LogP contribution in [0.15, 0.2) is 54.6 Å². The number of carboxylic acids is 1. The van der Waals surface area contributed by atoms with Crippen molar-refractivity contribution in [3.63, 3.8) is 0 Å². The van der Waals surface area contributed by atoms with E-state index in [1.54, 1.807) is 24.3 Å². The molecule has 0 spiro atoms. The van der Waals surface area contributed by atoms with Gasteiger partial charge in [0.1, 0.15) is 5.75 Å². The third-order valence-corrected chi connectivity index (χ3v) is 2.88. The van der Waals surface area contributed by atoms with Gasteiger partial charge in [-0.1, -0.05) is 42.5 Å². The lowest BCUT2D eigenvalue weighted by atomic mass is 9.92. The minimum atomic E-state index is -0.839. The average Bonchev–Trinajstić information content (AvgIpc) is 2.38. The van der Waals surface area contributed by atoms with Crippen molar-refractivity contribution in [2.24, 2.45) is 0 Å². The topological polar surface area (TPSA) is 57.5 Å². The Hall–Kier alpha value is -2.29.